The van der Waals surface area contributed by atoms with Crippen molar-refractivity contribution >= 4 is 5.97 Å². The molecule has 0 saturated heterocycles. The molecule has 54 valence electrons. The van der Waals surface area contributed by atoms with E-state index in [4.69, 9.17) is 6.57 Å². The Morgan fingerprint density at radius 3 is 2.80 bits per heavy atom. The van der Waals surface area contributed by atoms with Gasteiger partial charge >= 0.3 is 5.97 Å². The first kappa shape index (κ1) is 8.70. The minimum Gasteiger partial charge on any atom is -0.471 e. The first-order valence-electron chi connectivity index (χ1n) is 2.95. The molecule has 3 heteroatoms. The molecule has 0 rings (SSSR count). The van der Waals surface area contributed by atoms with Crippen molar-refractivity contribution in [3.05, 3.63) is 23.7 Å². The second kappa shape index (κ2) is 4.57. The lowest BCUT2D eigenvalue weighted by atomic mass is 10.5. The number of esters is 1. The van der Waals surface area contributed by atoms with Crippen LogP contribution >= 0.6 is 0 Å². The minimum atomic E-state index is -0.614. The summed E-state index contributed by atoms with van der Waals surface area (Å²) in [6.45, 7) is 11.8. The zero-order valence-electron chi connectivity index (χ0n) is 5.89. The molecule has 0 atom stereocenters. The summed E-state index contributed by atoms with van der Waals surface area (Å²) >= 11 is 0. The largest absolute Gasteiger partial charge is 0.471 e. The number of rotatable bonds is 3. The van der Waals surface area contributed by atoms with Crippen LogP contribution in [0.1, 0.15) is 13.3 Å². The SMILES string of the molecule is [C-]#[N+]C(=C)C(=O)OCCC. The van der Waals surface area contributed by atoms with Gasteiger partial charge in [-0.05, 0) is 6.42 Å². The van der Waals surface area contributed by atoms with Crippen LogP contribution in [0.5, 0.6) is 0 Å². The Kier molecular flexibility index (Phi) is 3.97. The van der Waals surface area contributed by atoms with E-state index in [1.807, 2.05) is 6.92 Å². The molecule has 0 saturated carbocycles. The average molecular weight is 139 g/mol. The molecule has 0 aliphatic carbocycles. The van der Waals surface area contributed by atoms with Crippen molar-refractivity contribution in [1.82, 2.24) is 0 Å². The van der Waals surface area contributed by atoms with Crippen molar-refractivity contribution in [2.45, 2.75) is 13.3 Å². The van der Waals surface area contributed by atoms with Crippen LogP contribution in [0.2, 0.25) is 0 Å². The standard InChI is InChI=1S/C7H9NO2/c1-4-5-10-7(9)6(2)8-3/h2,4-5H2,1H3. The predicted molar refractivity (Wildman–Crippen MR) is 37.0 cm³/mol. The van der Waals surface area contributed by atoms with Crippen molar-refractivity contribution in [3.8, 4) is 0 Å². The van der Waals surface area contributed by atoms with Gasteiger partial charge in [-0.2, -0.15) is 0 Å². The first-order chi connectivity index (χ1) is 4.72. The smallest absolute Gasteiger partial charge is 0.335 e. The quantitative estimate of drug-likeness (QED) is 0.336. The van der Waals surface area contributed by atoms with Crippen LogP contribution in [0, 0.1) is 6.57 Å². The van der Waals surface area contributed by atoms with Gasteiger partial charge < -0.3 is 4.74 Å². The van der Waals surface area contributed by atoms with Crippen LogP contribution in [0.3, 0.4) is 0 Å². The van der Waals surface area contributed by atoms with Gasteiger partial charge in [0.2, 0.25) is 0 Å². The Labute approximate surface area is 60.1 Å². The number of carbonyl (C=O) groups is 1. The zero-order chi connectivity index (χ0) is 7.98. The molecule has 0 spiro atoms. The molecular weight excluding hydrogens is 130 g/mol. The molecule has 0 aliphatic heterocycles. The second-order valence-corrected chi connectivity index (χ2v) is 1.69. The third-order valence-corrected chi connectivity index (χ3v) is 0.808. The summed E-state index contributed by atoms with van der Waals surface area (Å²) in [5.41, 5.74) is -0.159. The second-order valence-electron chi connectivity index (χ2n) is 1.69. The Morgan fingerprint density at radius 1 is 1.80 bits per heavy atom. The fourth-order valence-corrected chi connectivity index (χ4v) is 0.324. The maximum atomic E-state index is 10.6. The molecule has 0 aromatic rings. The third-order valence-electron chi connectivity index (χ3n) is 0.808. The van der Waals surface area contributed by atoms with Crippen molar-refractivity contribution in [2.75, 3.05) is 6.61 Å². The average Bonchev–Trinajstić information content (AvgIpc) is 1.98. The van der Waals surface area contributed by atoms with Crippen LogP contribution in [-0.2, 0) is 9.53 Å². The number of hydrogen-bond acceptors (Lipinski definition) is 2. The Bertz CT molecular complexity index is 179. The molecule has 0 amide bonds. The van der Waals surface area contributed by atoms with Gasteiger partial charge in [0, 0.05) is 0 Å². The topological polar surface area (TPSA) is 30.7 Å². The van der Waals surface area contributed by atoms with Gasteiger partial charge in [-0.3, -0.25) is 4.79 Å². The van der Waals surface area contributed by atoms with E-state index in [2.05, 4.69) is 16.2 Å². The van der Waals surface area contributed by atoms with E-state index in [9.17, 15) is 4.79 Å². The van der Waals surface area contributed by atoms with Gasteiger partial charge in [0.05, 0.1) is 13.2 Å². The lowest BCUT2D eigenvalue weighted by Gasteiger charge is -1.98. The summed E-state index contributed by atoms with van der Waals surface area (Å²) in [6, 6.07) is 0. The van der Waals surface area contributed by atoms with Crippen molar-refractivity contribution in [2.24, 2.45) is 0 Å². The molecule has 3 nitrogen and oxygen atoms in total. The molecule has 10 heavy (non-hydrogen) atoms. The summed E-state index contributed by atoms with van der Waals surface area (Å²) in [7, 11) is 0. The van der Waals surface area contributed by atoms with E-state index in [-0.39, 0.29) is 5.70 Å². The molecular formula is C7H9NO2. The Hall–Kier alpha value is -1.30. The number of ether oxygens (including phenoxy) is 1. The van der Waals surface area contributed by atoms with Crippen molar-refractivity contribution in [1.29, 1.82) is 0 Å². The zero-order valence-corrected chi connectivity index (χ0v) is 5.89. The van der Waals surface area contributed by atoms with E-state index < -0.39 is 5.97 Å². The van der Waals surface area contributed by atoms with Crippen LogP contribution in [0.4, 0.5) is 0 Å². The molecule has 0 N–H and O–H groups in total. The minimum absolute atomic E-state index is 0.159. The Morgan fingerprint density at radius 2 is 2.40 bits per heavy atom. The first-order valence-corrected chi connectivity index (χ1v) is 2.95. The van der Waals surface area contributed by atoms with Gasteiger partial charge in [0.15, 0.2) is 0 Å². The number of nitrogens with zero attached hydrogens (tertiary/aromatic N) is 1. The maximum Gasteiger partial charge on any atom is 0.335 e. The highest BCUT2D eigenvalue weighted by Crippen LogP contribution is 1.95. The summed E-state index contributed by atoms with van der Waals surface area (Å²) in [6.07, 6.45) is 0.761. The van der Waals surface area contributed by atoms with E-state index in [0.717, 1.165) is 6.42 Å². The molecule has 0 aromatic heterocycles. The fraction of sp³-hybridized carbons (Fsp3) is 0.429. The van der Waals surface area contributed by atoms with Gasteiger partial charge in [-0.15, -0.1) is 0 Å². The van der Waals surface area contributed by atoms with Gasteiger partial charge in [0.1, 0.15) is 0 Å². The van der Waals surface area contributed by atoms with E-state index >= 15 is 0 Å². The highest BCUT2D eigenvalue weighted by Gasteiger charge is 2.05. The fourth-order valence-electron chi connectivity index (χ4n) is 0.324. The van der Waals surface area contributed by atoms with Gasteiger partial charge in [0.25, 0.3) is 5.70 Å². The van der Waals surface area contributed by atoms with Gasteiger partial charge in [-0.25, -0.2) is 4.85 Å². The highest BCUT2D eigenvalue weighted by atomic mass is 16.5. The molecule has 0 unspecified atom stereocenters. The highest BCUT2D eigenvalue weighted by molar-refractivity contribution is 5.89. The van der Waals surface area contributed by atoms with E-state index in [1.54, 1.807) is 0 Å². The van der Waals surface area contributed by atoms with E-state index in [0.29, 0.717) is 6.61 Å². The van der Waals surface area contributed by atoms with Crippen molar-refractivity contribution < 1.29 is 9.53 Å². The summed E-state index contributed by atoms with van der Waals surface area (Å²) < 4.78 is 4.59. The monoisotopic (exact) mass is 139 g/mol. The van der Waals surface area contributed by atoms with Crippen molar-refractivity contribution in [3.63, 3.8) is 0 Å². The summed E-state index contributed by atoms with van der Waals surface area (Å²) in [5, 5.41) is 0. The molecule has 0 heterocycles. The maximum absolute atomic E-state index is 10.6. The summed E-state index contributed by atoms with van der Waals surface area (Å²) in [4.78, 5) is 13.4. The molecule has 0 aromatic carbocycles. The summed E-state index contributed by atoms with van der Waals surface area (Å²) in [5.74, 6) is -0.614. The number of hydrogen-bond donors (Lipinski definition) is 0. The van der Waals surface area contributed by atoms with Crippen LogP contribution in [0.15, 0.2) is 12.3 Å². The van der Waals surface area contributed by atoms with Crippen LogP contribution in [-0.4, -0.2) is 12.6 Å². The van der Waals surface area contributed by atoms with Crippen LogP contribution < -0.4 is 0 Å². The lowest BCUT2D eigenvalue weighted by molar-refractivity contribution is -0.138. The predicted octanol–water partition coefficient (Wildman–Crippen LogP) is 1.37. The van der Waals surface area contributed by atoms with Gasteiger partial charge in [-0.1, -0.05) is 13.5 Å². The van der Waals surface area contributed by atoms with Crippen LogP contribution in [0.25, 0.3) is 4.85 Å². The molecule has 0 fully saturated rings. The Balaban J connectivity index is 3.66. The normalized spacial score (nSPS) is 8.00. The lowest BCUT2D eigenvalue weighted by Crippen LogP contribution is -2.04. The molecule has 0 radical (unpaired) electrons. The third kappa shape index (κ3) is 2.88. The molecule has 0 bridgehead atoms. The molecule has 0 aliphatic rings. The van der Waals surface area contributed by atoms with E-state index in [1.165, 1.54) is 0 Å². The number of carbonyl (C=O) groups excluding carboxylic acids is 1.